The Morgan fingerprint density at radius 1 is 1.29 bits per heavy atom. The highest BCUT2D eigenvalue weighted by molar-refractivity contribution is 5.72. The van der Waals surface area contributed by atoms with Crippen LogP contribution in [0.2, 0.25) is 0 Å². The maximum Gasteiger partial charge on any atom is 0.216 e. The average Bonchev–Trinajstić information content (AvgIpc) is 2.73. The van der Waals surface area contributed by atoms with E-state index < -0.39 is 6.10 Å². The van der Waals surface area contributed by atoms with Crippen molar-refractivity contribution in [2.45, 2.75) is 58.7 Å². The number of likely N-dealkylation sites (N-methyl/N-ethyl adjacent to an activating group) is 1. The number of ether oxygens (including phenoxy) is 2. The number of likely N-dealkylation sites (tertiary alicyclic amines) is 1. The summed E-state index contributed by atoms with van der Waals surface area (Å²) in [7, 11) is 3.64. The lowest BCUT2D eigenvalue weighted by molar-refractivity contribution is -0.119. The monoisotopic (exact) mass is 435 g/mol. The molecule has 2 N–H and O–H groups in total. The average molecular weight is 436 g/mol. The molecule has 0 spiro atoms. The van der Waals surface area contributed by atoms with Gasteiger partial charge in [0.25, 0.3) is 0 Å². The summed E-state index contributed by atoms with van der Waals surface area (Å²) in [6.07, 6.45) is 2.84. The third-order valence-corrected chi connectivity index (χ3v) is 6.08. The number of piperidine rings is 1. The lowest BCUT2D eigenvalue weighted by Crippen LogP contribution is -2.37. The number of carbonyl (C=O) groups is 1. The number of amides is 1. The highest BCUT2D eigenvalue weighted by Crippen LogP contribution is 2.29. The minimum absolute atomic E-state index is 0.0520. The van der Waals surface area contributed by atoms with E-state index in [-0.39, 0.29) is 12.5 Å². The van der Waals surface area contributed by atoms with E-state index in [9.17, 15) is 9.90 Å². The van der Waals surface area contributed by atoms with Crippen LogP contribution in [0.1, 0.15) is 45.6 Å². The summed E-state index contributed by atoms with van der Waals surface area (Å²) in [4.78, 5) is 15.6. The van der Waals surface area contributed by atoms with Crippen LogP contribution in [0.5, 0.6) is 11.5 Å². The fourth-order valence-electron chi connectivity index (χ4n) is 3.86. The molecule has 1 fully saturated rings. The molecule has 176 valence electrons. The zero-order chi connectivity index (χ0) is 22.8. The molecule has 1 aromatic carbocycles. The number of benzene rings is 1. The lowest BCUT2D eigenvalue weighted by Gasteiger charge is -2.32. The van der Waals surface area contributed by atoms with Gasteiger partial charge in [-0.15, -0.1) is 0 Å². The zero-order valence-corrected chi connectivity index (χ0v) is 19.9. The van der Waals surface area contributed by atoms with Crippen LogP contribution in [0.25, 0.3) is 0 Å². The summed E-state index contributed by atoms with van der Waals surface area (Å²) in [6.45, 7) is 10.4. The molecule has 31 heavy (non-hydrogen) atoms. The van der Waals surface area contributed by atoms with E-state index in [2.05, 4.69) is 35.0 Å². The Hall–Kier alpha value is -1.83. The topological polar surface area (TPSA) is 74.3 Å². The van der Waals surface area contributed by atoms with Crippen LogP contribution < -0.4 is 14.8 Å². The SMILES string of the molecule is COc1cc(CN2CCC(CCNC(C)=O)CC2)ccc1OCC(O)CN(C)C(C)C. The van der Waals surface area contributed by atoms with Gasteiger partial charge in [-0.05, 0) is 76.9 Å². The number of methoxy groups -OCH3 is 1. The lowest BCUT2D eigenvalue weighted by atomic mass is 9.93. The first-order valence-corrected chi connectivity index (χ1v) is 11.4. The summed E-state index contributed by atoms with van der Waals surface area (Å²) in [5, 5.41) is 13.1. The van der Waals surface area contributed by atoms with Crippen molar-refractivity contribution in [3.05, 3.63) is 23.8 Å². The zero-order valence-electron chi connectivity index (χ0n) is 19.9. The first-order valence-electron chi connectivity index (χ1n) is 11.4. The molecular formula is C24H41N3O4. The van der Waals surface area contributed by atoms with E-state index >= 15 is 0 Å². The normalized spacial score (nSPS) is 16.5. The quantitative estimate of drug-likeness (QED) is 0.526. The van der Waals surface area contributed by atoms with Gasteiger partial charge in [0.2, 0.25) is 5.91 Å². The molecule has 7 nitrogen and oxygen atoms in total. The van der Waals surface area contributed by atoms with E-state index in [4.69, 9.17) is 9.47 Å². The van der Waals surface area contributed by atoms with Crippen molar-refractivity contribution in [2.75, 3.05) is 46.9 Å². The molecule has 0 bridgehead atoms. The molecule has 0 aliphatic carbocycles. The van der Waals surface area contributed by atoms with Gasteiger partial charge in [0.15, 0.2) is 11.5 Å². The fourth-order valence-corrected chi connectivity index (χ4v) is 3.86. The fraction of sp³-hybridized carbons (Fsp3) is 0.708. The highest BCUT2D eigenvalue weighted by atomic mass is 16.5. The molecule has 0 radical (unpaired) electrons. The molecule has 1 amide bonds. The van der Waals surface area contributed by atoms with Crippen LogP contribution in [-0.2, 0) is 11.3 Å². The minimum atomic E-state index is -0.552. The predicted octanol–water partition coefficient (Wildman–Crippen LogP) is 2.51. The van der Waals surface area contributed by atoms with Gasteiger partial charge < -0.3 is 24.8 Å². The second-order valence-corrected chi connectivity index (χ2v) is 8.97. The Morgan fingerprint density at radius 2 is 2.00 bits per heavy atom. The number of carbonyl (C=O) groups excluding carboxylic acids is 1. The summed E-state index contributed by atoms with van der Waals surface area (Å²) >= 11 is 0. The van der Waals surface area contributed by atoms with Crippen LogP contribution in [0.3, 0.4) is 0 Å². The van der Waals surface area contributed by atoms with Crippen molar-refractivity contribution in [3.63, 3.8) is 0 Å². The molecule has 1 atom stereocenters. The third-order valence-electron chi connectivity index (χ3n) is 6.08. The molecule has 2 rings (SSSR count). The van der Waals surface area contributed by atoms with Crippen LogP contribution in [0.4, 0.5) is 0 Å². The van der Waals surface area contributed by atoms with Crippen molar-refractivity contribution in [2.24, 2.45) is 5.92 Å². The van der Waals surface area contributed by atoms with Crippen molar-refractivity contribution in [3.8, 4) is 11.5 Å². The van der Waals surface area contributed by atoms with Crippen molar-refractivity contribution >= 4 is 5.91 Å². The van der Waals surface area contributed by atoms with Gasteiger partial charge in [0.1, 0.15) is 12.7 Å². The Labute approximate surface area is 187 Å². The van der Waals surface area contributed by atoms with Gasteiger partial charge in [-0.25, -0.2) is 0 Å². The molecule has 1 aliphatic rings. The molecule has 1 unspecified atom stereocenters. The number of aliphatic hydroxyl groups is 1. The predicted molar refractivity (Wildman–Crippen MR) is 124 cm³/mol. The first kappa shape index (κ1) is 25.4. The molecule has 1 aliphatic heterocycles. The number of nitrogens with zero attached hydrogens (tertiary/aromatic N) is 2. The number of aliphatic hydroxyl groups excluding tert-OH is 1. The van der Waals surface area contributed by atoms with Crippen molar-refractivity contribution < 1.29 is 19.4 Å². The minimum Gasteiger partial charge on any atom is -0.493 e. The van der Waals surface area contributed by atoms with Crippen molar-refractivity contribution in [1.82, 2.24) is 15.1 Å². The van der Waals surface area contributed by atoms with Crippen LogP contribution in [-0.4, -0.2) is 79.9 Å². The molecule has 7 heteroatoms. The van der Waals surface area contributed by atoms with E-state index in [0.29, 0.717) is 30.0 Å². The molecule has 0 saturated carbocycles. The maximum absolute atomic E-state index is 11.0. The second-order valence-electron chi connectivity index (χ2n) is 8.97. The molecule has 1 aromatic rings. The van der Waals surface area contributed by atoms with Crippen molar-refractivity contribution in [1.29, 1.82) is 0 Å². The molecule has 1 heterocycles. The number of nitrogens with one attached hydrogen (secondary N) is 1. The summed E-state index contributed by atoms with van der Waals surface area (Å²) in [6, 6.07) is 6.43. The molecule has 1 saturated heterocycles. The van der Waals surface area contributed by atoms with Gasteiger partial charge in [-0.3, -0.25) is 9.69 Å². The van der Waals surface area contributed by atoms with Gasteiger partial charge >= 0.3 is 0 Å². The smallest absolute Gasteiger partial charge is 0.216 e. The first-order chi connectivity index (χ1) is 14.8. The van der Waals surface area contributed by atoms with Gasteiger partial charge in [0.05, 0.1) is 7.11 Å². The molecular weight excluding hydrogens is 394 g/mol. The van der Waals surface area contributed by atoms with Crippen LogP contribution >= 0.6 is 0 Å². The Morgan fingerprint density at radius 3 is 2.61 bits per heavy atom. The van der Waals surface area contributed by atoms with Gasteiger partial charge in [0, 0.05) is 32.6 Å². The Bertz CT molecular complexity index is 675. The summed E-state index contributed by atoms with van der Waals surface area (Å²) in [5.74, 6) is 2.10. The molecule has 0 aromatic heterocycles. The van der Waals surface area contributed by atoms with Gasteiger partial charge in [-0.2, -0.15) is 0 Å². The highest BCUT2D eigenvalue weighted by Gasteiger charge is 2.20. The number of hydrogen-bond acceptors (Lipinski definition) is 6. The van der Waals surface area contributed by atoms with E-state index in [0.717, 1.165) is 32.6 Å². The summed E-state index contributed by atoms with van der Waals surface area (Å²) < 4.78 is 11.4. The Kier molecular flexibility index (Phi) is 10.6. The number of hydrogen-bond donors (Lipinski definition) is 2. The standard InChI is InChI=1S/C24H41N3O4/c1-18(2)26(4)16-22(29)17-31-23-7-6-21(14-24(23)30-5)15-27-12-9-20(10-13-27)8-11-25-19(3)28/h6-7,14,18,20,22,29H,8-13,15-17H2,1-5H3,(H,25,28). The number of rotatable bonds is 12. The maximum atomic E-state index is 11.0. The third kappa shape index (κ3) is 9.05. The summed E-state index contributed by atoms with van der Waals surface area (Å²) in [5.41, 5.74) is 1.20. The van der Waals surface area contributed by atoms with E-state index in [1.165, 1.54) is 18.4 Å². The van der Waals surface area contributed by atoms with Gasteiger partial charge in [-0.1, -0.05) is 6.07 Å². The largest absolute Gasteiger partial charge is 0.493 e. The van der Waals surface area contributed by atoms with Crippen LogP contribution in [0, 0.1) is 5.92 Å². The Balaban J connectivity index is 1.80. The van der Waals surface area contributed by atoms with E-state index in [1.807, 2.05) is 19.2 Å². The van der Waals surface area contributed by atoms with Crippen LogP contribution in [0.15, 0.2) is 18.2 Å². The van der Waals surface area contributed by atoms with E-state index in [1.54, 1.807) is 14.0 Å². The second kappa shape index (κ2) is 12.9.